The number of fused-ring (bicyclic) bond motifs is 1. The van der Waals surface area contributed by atoms with Gasteiger partial charge in [-0.25, -0.2) is 18.7 Å². The van der Waals surface area contributed by atoms with Crippen molar-refractivity contribution in [1.82, 2.24) is 19.5 Å². The van der Waals surface area contributed by atoms with Crippen molar-refractivity contribution >= 4 is 22.9 Å². The molecular formula is C13H7ClF2N4O2. The smallest absolute Gasteiger partial charge is 0.299 e. The summed E-state index contributed by atoms with van der Waals surface area (Å²) in [6.45, 7) is -0.444. The summed E-state index contributed by atoms with van der Waals surface area (Å²) in [5.74, 6) is -1.62. The molecule has 2 aromatic heterocycles. The van der Waals surface area contributed by atoms with Gasteiger partial charge in [-0.3, -0.25) is 19.1 Å². The van der Waals surface area contributed by atoms with Crippen LogP contribution in [0.25, 0.3) is 11.3 Å². The second-order valence-electron chi connectivity index (χ2n) is 4.40. The van der Waals surface area contributed by atoms with E-state index in [9.17, 15) is 18.4 Å². The molecule has 0 bridgehead atoms. The summed E-state index contributed by atoms with van der Waals surface area (Å²) in [6, 6.07) is 1.77. The third-order valence-electron chi connectivity index (χ3n) is 3.06. The lowest BCUT2D eigenvalue weighted by Crippen LogP contribution is -2.37. The van der Waals surface area contributed by atoms with Gasteiger partial charge in [0.25, 0.3) is 0 Å². The molecule has 6 nitrogen and oxygen atoms in total. The minimum absolute atomic E-state index is 0.0341. The van der Waals surface area contributed by atoms with E-state index in [2.05, 4.69) is 15.0 Å². The topological polar surface area (TPSA) is 80.6 Å². The first kappa shape index (κ1) is 14.3. The first-order chi connectivity index (χ1) is 10.5. The molecular weight excluding hydrogens is 318 g/mol. The van der Waals surface area contributed by atoms with E-state index in [1.165, 1.54) is 12.4 Å². The quantitative estimate of drug-likeness (QED) is 0.571. The molecule has 3 rings (SSSR count). The number of hydrogen-bond acceptors (Lipinski definition) is 4. The molecule has 0 aliphatic heterocycles. The maximum absolute atomic E-state index is 13.9. The Hall–Kier alpha value is -2.61. The van der Waals surface area contributed by atoms with Crippen LogP contribution in [0.1, 0.15) is 5.56 Å². The monoisotopic (exact) mass is 324 g/mol. The van der Waals surface area contributed by atoms with Gasteiger partial charge < -0.3 is 0 Å². The molecule has 0 saturated carbocycles. The number of benzene rings is 1. The number of hydrogen-bond donors (Lipinski definition) is 1. The van der Waals surface area contributed by atoms with E-state index >= 15 is 0 Å². The highest BCUT2D eigenvalue weighted by atomic mass is 35.5. The molecule has 0 unspecified atom stereocenters. The highest BCUT2D eigenvalue weighted by Gasteiger charge is 2.16. The van der Waals surface area contributed by atoms with Crippen LogP contribution < -0.4 is 11.1 Å². The van der Waals surface area contributed by atoms with Crippen molar-refractivity contribution in [3.05, 3.63) is 67.5 Å². The predicted molar refractivity (Wildman–Crippen MR) is 74.9 cm³/mol. The summed E-state index contributed by atoms with van der Waals surface area (Å²) in [4.78, 5) is 33.7. The summed E-state index contributed by atoms with van der Waals surface area (Å²) in [5, 5.41) is -0.454. The van der Waals surface area contributed by atoms with Crippen LogP contribution in [0.2, 0.25) is 5.02 Å². The van der Waals surface area contributed by atoms with Gasteiger partial charge in [0.05, 0.1) is 11.6 Å². The minimum atomic E-state index is -0.965. The molecule has 1 aromatic carbocycles. The molecule has 1 N–H and O–H groups in total. The zero-order valence-corrected chi connectivity index (χ0v) is 11.6. The van der Waals surface area contributed by atoms with Gasteiger partial charge in [-0.2, -0.15) is 0 Å². The fourth-order valence-corrected chi connectivity index (χ4v) is 2.23. The molecule has 112 valence electrons. The molecule has 2 heterocycles. The Bertz CT molecular complexity index is 999. The average molecular weight is 325 g/mol. The van der Waals surface area contributed by atoms with Gasteiger partial charge in [-0.05, 0) is 12.1 Å². The van der Waals surface area contributed by atoms with Gasteiger partial charge in [0.1, 0.15) is 11.6 Å². The van der Waals surface area contributed by atoms with Gasteiger partial charge in [0.15, 0.2) is 11.3 Å². The molecule has 0 aliphatic rings. The lowest BCUT2D eigenvalue weighted by atomic mass is 10.2. The van der Waals surface area contributed by atoms with Gasteiger partial charge in [-0.1, -0.05) is 11.6 Å². The first-order valence-corrected chi connectivity index (χ1v) is 6.43. The number of aromatic nitrogens is 4. The number of aromatic amines is 1. The van der Waals surface area contributed by atoms with Crippen LogP contribution in [0.15, 0.2) is 34.1 Å². The molecule has 0 fully saturated rings. The van der Waals surface area contributed by atoms with Crippen LogP contribution in [0.4, 0.5) is 8.78 Å². The number of nitrogens with zero attached hydrogens (tertiary/aromatic N) is 3. The van der Waals surface area contributed by atoms with Crippen LogP contribution in [0.5, 0.6) is 0 Å². The lowest BCUT2D eigenvalue weighted by molar-refractivity contribution is 0.576. The lowest BCUT2D eigenvalue weighted by Gasteiger charge is -2.10. The van der Waals surface area contributed by atoms with Crippen LogP contribution in [0.3, 0.4) is 0 Å². The molecule has 22 heavy (non-hydrogen) atoms. The maximum atomic E-state index is 13.9. The van der Waals surface area contributed by atoms with Crippen LogP contribution in [0, 0.1) is 11.6 Å². The Balaban J connectivity index is 2.29. The van der Waals surface area contributed by atoms with Crippen molar-refractivity contribution in [3.63, 3.8) is 0 Å². The van der Waals surface area contributed by atoms with Crippen molar-refractivity contribution in [2.24, 2.45) is 0 Å². The van der Waals surface area contributed by atoms with Crippen LogP contribution in [-0.2, 0) is 6.54 Å². The molecule has 0 aliphatic carbocycles. The summed E-state index contributed by atoms with van der Waals surface area (Å²) in [5.41, 5.74) is -2.07. The van der Waals surface area contributed by atoms with Crippen LogP contribution >= 0.6 is 11.6 Å². The summed E-state index contributed by atoms with van der Waals surface area (Å²) in [6.07, 6.45) is 2.63. The van der Waals surface area contributed by atoms with E-state index in [4.69, 9.17) is 11.6 Å². The summed E-state index contributed by atoms with van der Waals surface area (Å²) in [7, 11) is 0. The fourth-order valence-electron chi connectivity index (χ4n) is 2.01. The van der Waals surface area contributed by atoms with Crippen molar-refractivity contribution in [2.45, 2.75) is 6.54 Å². The predicted octanol–water partition coefficient (Wildman–Crippen LogP) is 1.46. The van der Waals surface area contributed by atoms with Crippen molar-refractivity contribution in [1.29, 1.82) is 0 Å². The Kier molecular flexibility index (Phi) is 3.45. The summed E-state index contributed by atoms with van der Waals surface area (Å²) < 4.78 is 28.2. The fraction of sp³-hybridized carbons (Fsp3) is 0.0769. The summed E-state index contributed by atoms with van der Waals surface area (Å²) >= 11 is 5.74. The Morgan fingerprint density at radius 2 is 1.82 bits per heavy atom. The maximum Gasteiger partial charge on any atom is 0.318 e. The Morgan fingerprint density at radius 3 is 2.59 bits per heavy atom. The molecule has 0 spiro atoms. The van der Waals surface area contributed by atoms with E-state index in [1.54, 1.807) is 0 Å². The Labute approximate surface area is 126 Å². The third-order valence-corrected chi connectivity index (χ3v) is 3.47. The van der Waals surface area contributed by atoms with E-state index in [0.29, 0.717) is 0 Å². The standard InChI is InChI=1S/C13H7ClF2N4O2/c14-9-6(7(15)1-2-8(9)16)5-20-11-10(17-3-4-18-11)19-12(21)13(20)22/h1-4H,5H2,(H,17,19,21). The molecule has 0 atom stereocenters. The van der Waals surface area contributed by atoms with Gasteiger partial charge in [-0.15, -0.1) is 0 Å². The SMILES string of the molecule is O=c1[nH]c2nccnc2n(Cc2c(F)ccc(F)c2Cl)c1=O. The number of H-pyrrole nitrogens is 1. The zero-order valence-electron chi connectivity index (χ0n) is 10.8. The second-order valence-corrected chi connectivity index (χ2v) is 4.77. The third kappa shape index (κ3) is 2.27. The highest BCUT2D eigenvalue weighted by Crippen LogP contribution is 2.23. The zero-order chi connectivity index (χ0) is 15.9. The van der Waals surface area contributed by atoms with Crippen molar-refractivity contribution in [3.8, 4) is 0 Å². The molecule has 0 amide bonds. The first-order valence-electron chi connectivity index (χ1n) is 6.05. The normalized spacial score (nSPS) is 11.0. The van der Waals surface area contributed by atoms with E-state index in [0.717, 1.165) is 16.7 Å². The number of nitrogens with one attached hydrogen (secondary N) is 1. The molecule has 3 aromatic rings. The molecule has 9 heteroatoms. The van der Waals surface area contributed by atoms with E-state index in [1.807, 2.05) is 0 Å². The van der Waals surface area contributed by atoms with E-state index < -0.39 is 34.3 Å². The van der Waals surface area contributed by atoms with E-state index in [-0.39, 0.29) is 16.9 Å². The number of rotatable bonds is 2. The average Bonchev–Trinajstić information content (AvgIpc) is 2.51. The van der Waals surface area contributed by atoms with Crippen molar-refractivity contribution in [2.75, 3.05) is 0 Å². The van der Waals surface area contributed by atoms with Crippen molar-refractivity contribution < 1.29 is 8.78 Å². The molecule has 0 saturated heterocycles. The Morgan fingerprint density at radius 1 is 1.14 bits per heavy atom. The highest BCUT2D eigenvalue weighted by molar-refractivity contribution is 6.31. The van der Waals surface area contributed by atoms with Gasteiger partial charge in [0, 0.05) is 18.0 Å². The number of halogens is 3. The minimum Gasteiger partial charge on any atom is -0.299 e. The largest absolute Gasteiger partial charge is 0.318 e. The van der Waals surface area contributed by atoms with Gasteiger partial charge in [0.2, 0.25) is 0 Å². The second kappa shape index (κ2) is 5.30. The molecule has 0 radical (unpaired) electrons. The van der Waals surface area contributed by atoms with Crippen LogP contribution in [-0.4, -0.2) is 19.5 Å². The van der Waals surface area contributed by atoms with Gasteiger partial charge >= 0.3 is 11.1 Å².